The predicted molar refractivity (Wildman–Crippen MR) is 83.6 cm³/mol. The highest BCUT2D eigenvalue weighted by molar-refractivity contribution is 7.89. The molecule has 0 amide bonds. The van der Waals surface area contributed by atoms with Gasteiger partial charge >= 0.3 is 0 Å². The molecular weight excluding hydrogens is 290 g/mol. The van der Waals surface area contributed by atoms with Gasteiger partial charge in [0.15, 0.2) is 0 Å². The van der Waals surface area contributed by atoms with Crippen LogP contribution in [0.2, 0.25) is 0 Å². The van der Waals surface area contributed by atoms with Crippen LogP contribution >= 0.6 is 0 Å². The number of nitrogens with zero attached hydrogens (tertiary/aromatic N) is 1. The monoisotopic (exact) mass is 315 g/mol. The van der Waals surface area contributed by atoms with Gasteiger partial charge in [0, 0.05) is 32.8 Å². The number of hydrogen-bond donors (Lipinski definition) is 2. The molecule has 3 N–H and O–H groups in total. The van der Waals surface area contributed by atoms with Gasteiger partial charge < -0.3 is 15.4 Å². The second-order valence-electron chi connectivity index (χ2n) is 5.05. The quantitative estimate of drug-likeness (QED) is 0.696. The minimum Gasteiger partial charge on any atom is -0.383 e. The second kappa shape index (κ2) is 8.45. The summed E-state index contributed by atoms with van der Waals surface area (Å²) in [5.41, 5.74) is 6.66. The lowest BCUT2D eigenvalue weighted by Gasteiger charge is -2.16. The molecule has 0 heterocycles. The summed E-state index contributed by atoms with van der Waals surface area (Å²) in [5, 5.41) is 0. The Bertz CT molecular complexity index is 515. The third-order valence-electron chi connectivity index (χ3n) is 3.18. The molecule has 120 valence electrons. The van der Waals surface area contributed by atoms with E-state index in [-0.39, 0.29) is 10.9 Å². The fourth-order valence-electron chi connectivity index (χ4n) is 1.76. The number of nitrogens with two attached hydrogens (primary N) is 1. The first kappa shape index (κ1) is 18.1. The largest absolute Gasteiger partial charge is 0.383 e. The van der Waals surface area contributed by atoms with Crippen LogP contribution in [-0.2, 0) is 14.8 Å². The number of sulfonamides is 1. The van der Waals surface area contributed by atoms with E-state index in [0.717, 1.165) is 12.1 Å². The molecule has 1 rings (SSSR count). The standard InChI is InChI=1S/C14H25N3O3S/c1-12(15)13-4-6-14(7-5-13)21(18,19)16-8-9-17(2)10-11-20-3/h4-7,12,16H,8-11,15H2,1-3H3. The van der Waals surface area contributed by atoms with Gasteiger partial charge in [0.25, 0.3) is 0 Å². The fraction of sp³-hybridized carbons (Fsp3) is 0.571. The molecule has 1 unspecified atom stereocenters. The SMILES string of the molecule is COCCN(C)CCNS(=O)(=O)c1ccc(C(C)N)cc1. The number of likely N-dealkylation sites (N-methyl/N-ethyl adjacent to an activating group) is 1. The Morgan fingerprint density at radius 2 is 1.90 bits per heavy atom. The summed E-state index contributed by atoms with van der Waals surface area (Å²) in [4.78, 5) is 2.26. The summed E-state index contributed by atoms with van der Waals surface area (Å²) in [7, 11) is 0.0950. The van der Waals surface area contributed by atoms with Crippen molar-refractivity contribution in [2.75, 3.05) is 40.4 Å². The molecule has 7 heteroatoms. The molecular formula is C14H25N3O3S. The first-order valence-corrected chi connectivity index (χ1v) is 8.38. The summed E-state index contributed by atoms with van der Waals surface area (Å²) in [5.74, 6) is 0. The number of nitrogens with one attached hydrogen (secondary N) is 1. The molecule has 0 saturated carbocycles. The van der Waals surface area contributed by atoms with E-state index in [4.69, 9.17) is 10.5 Å². The van der Waals surface area contributed by atoms with Crippen LogP contribution in [0.1, 0.15) is 18.5 Å². The lowest BCUT2D eigenvalue weighted by molar-refractivity contribution is 0.162. The smallest absolute Gasteiger partial charge is 0.240 e. The highest BCUT2D eigenvalue weighted by Crippen LogP contribution is 2.14. The Morgan fingerprint density at radius 1 is 1.29 bits per heavy atom. The molecule has 0 bridgehead atoms. The van der Waals surface area contributed by atoms with E-state index in [1.54, 1.807) is 31.4 Å². The fourth-order valence-corrected chi connectivity index (χ4v) is 2.78. The maximum Gasteiger partial charge on any atom is 0.240 e. The lowest BCUT2D eigenvalue weighted by atomic mass is 10.1. The van der Waals surface area contributed by atoms with Crippen molar-refractivity contribution in [3.05, 3.63) is 29.8 Å². The minimum absolute atomic E-state index is 0.107. The van der Waals surface area contributed by atoms with Gasteiger partial charge in [0.1, 0.15) is 0 Å². The normalized spacial score (nSPS) is 13.6. The molecule has 6 nitrogen and oxygen atoms in total. The highest BCUT2D eigenvalue weighted by Gasteiger charge is 2.13. The Balaban J connectivity index is 2.53. The van der Waals surface area contributed by atoms with Crippen LogP contribution in [0.4, 0.5) is 0 Å². The van der Waals surface area contributed by atoms with Gasteiger partial charge in [0.2, 0.25) is 10.0 Å². The summed E-state index contributed by atoms with van der Waals surface area (Å²) < 4.78 is 31.8. The first-order chi connectivity index (χ1) is 9.86. The maximum absolute atomic E-state index is 12.1. The number of rotatable bonds is 9. The van der Waals surface area contributed by atoms with E-state index in [1.165, 1.54) is 0 Å². The number of hydrogen-bond acceptors (Lipinski definition) is 5. The summed E-state index contributed by atoms with van der Waals surface area (Å²) in [6.45, 7) is 4.24. The van der Waals surface area contributed by atoms with Crippen LogP contribution in [0.5, 0.6) is 0 Å². The second-order valence-corrected chi connectivity index (χ2v) is 6.82. The van der Waals surface area contributed by atoms with Gasteiger partial charge in [0.05, 0.1) is 11.5 Å². The molecule has 0 spiro atoms. The van der Waals surface area contributed by atoms with Gasteiger partial charge in [-0.15, -0.1) is 0 Å². The third-order valence-corrected chi connectivity index (χ3v) is 4.66. The number of ether oxygens (including phenoxy) is 1. The topological polar surface area (TPSA) is 84.7 Å². The Kier molecular flexibility index (Phi) is 7.27. The molecule has 0 aliphatic heterocycles. The van der Waals surface area contributed by atoms with Gasteiger partial charge in [-0.3, -0.25) is 0 Å². The number of benzene rings is 1. The molecule has 21 heavy (non-hydrogen) atoms. The molecule has 0 fully saturated rings. The minimum atomic E-state index is -3.47. The van der Waals surface area contributed by atoms with Crippen LogP contribution in [-0.4, -0.2) is 53.7 Å². The molecule has 0 aromatic heterocycles. The lowest BCUT2D eigenvalue weighted by Crippen LogP contribution is -2.34. The zero-order valence-electron chi connectivity index (χ0n) is 12.9. The first-order valence-electron chi connectivity index (χ1n) is 6.89. The summed E-state index contributed by atoms with van der Waals surface area (Å²) in [6, 6.07) is 6.53. The average molecular weight is 315 g/mol. The van der Waals surface area contributed by atoms with E-state index in [9.17, 15) is 8.42 Å². The summed E-state index contributed by atoms with van der Waals surface area (Å²) >= 11 is 0. The van der Waals surface area contributed by atoms with E-state index in [2.05, 4.69) is 4.72 Å². The van der Waals surface area contributed by atoms with E-state index in [1.807, 2.05) is 18.9 Å². The van der Waals surface area contributed by atoms with E-state index >= 15 is 0 Å². The average Bonchev–Trinajstić information content (AvgIpc) is 2.45. The van der Waals surface area contributed by atoms with Crippen LogP contribution < -0.4 is 10.5 Å². The molecule has 1 atom stereocenters. The third kappa shape index (κ3) is 6.11. The Morgan fingerprint density at radius 3 is 2.43 bits per heavy atom. The highest BCUT2D eigenvalue weighted by atomic mass is 32.2. The molecule has 0 aliphatic rings. The molecule has 1 aromatic carbocycles. The van der Waals surface area contributed by atoms with Crippen LogP contribution in [0.3, 0.4) is 0 Å². The molecule has 0 saturated heterocycles. The molecule has 1 aromatic rings. The van der Waals surface area contributed by atoms with Crippen molar-refractivity contribution in [3.63, 3.8) is 0 Å². The zero-order chi connectivity index (χ0) is 15.9. The Hall–Kier alpha value is -0.990. The van der Waals surface area contributed by atoms with Crippen molar-refractivity contribution >= 4 is 10.0 Å². The Labute approximate surface area is 127 Å². The predicted octanol–water partition coefficient (Wildman–Crippen LogP) is 0.563. The number of methoxy groups -OCH3 is 1. The van der Waals surface area contributed by atoms with Gasteiger partial charge in [-0.05, 0) is 31.7 Å². The zero-order valence-corrected chi connectivity index (χ0v) is 13.7. The summed E-state index contributed by atoms with van der Waals surface area (Å²) in [6.07, 6.45) is 0. The van der Waals surface area contributed by atoms with Crippen LogP contribution in [0.15, 0.2) is 29.2 Å². The van der Waals surface area contributed by atoms with E-state index < -0.39 is 10.0 Å². The van der Waals surface area contributed by atoms with Crippen molar-refractivity contribution in [1.29, 1.82) is 0 Å². The van der Waals surface area contributed by atoms with Crippen molar-refractivity contribution in [1.82, 2.24) is 9.62 Å². The van der Waals surface area contributed by atoms with Crippen molar-refractivity contribution in [2.24, 2.45) is 5.73 Å². The maximum atomic E-state index is 12.1. The van der Waals surface area contributed by atoms with Crippen LogP contribution in [0, 0.1) is 0 Å². The van der Waals surface area contributed by atoms with Gasteiger partial charge in [-0.2, -0.15) is 0 Å². The molecule has 0 radical (unpaired) electrons. The molecule has 0 aliphatic carbocycles. The van der Waals surface area contributed by atoms with Gasteiger partial charge in [-0.1, -0.05) is 12.1 Å². The van der Waals surface area contributed by atoms with E-state index in [0.29, 0.717) is 19.7 Å². The van der Waals surface area contributed by atoms with Crippen molar-refractivity contribution in [3.8, 4) is 0 Å². The van der Waals surface area contributed by atoms with Crippen molar-refractivity contribution in [2.45, 2.75) is 17.9 Å². The van der Waals surface area contributed by atoms with Crippen molar-refractivity contribution < 1.29 is 13.2 Å². The van der Waals surface area contributed by atoms with Crippen LogP contribution in [0.25, 0.3) is 0 Å². The van der Waals surface area contributed by atoms with Gasteiger partial charge in [-0.25, -0.2) is 13.1 Å².